The van der Waals surface area contributed by atoms with Crippen LogP contribution in [0.3, 0.4) is 0 Å². The van der Waals surface area contributed by atoms with E-state index in [0.717, 1.165) is 27.8 Å². The number of rotatable bonds is 12. The van der Waals surface area contributed by atoms with Gasteiger partial charge in [0, 0.05) is 30.2 Å². The average Bonchev–Trinajstić information content (AvgIpc) is 3.88. The van der Waals surface area contributed by atoms with Crippen LogP contribution in [0.15, 0.2) is 129 Å². The summed E-state index contributed by atoms with van der Waals surface area (Å²) >= 11 is 5.50. The molecule has 6 aromatic rings. The van der Waals surface area contributed by atoms with E-state index in [2.05, 4.69) is 37.5 Å². The van der Waals surface area contributed by atoms with Gasteiger partial charge in [-0.15, -0.1) is 11.8 Å². The third-order valence-corrected chi connectivity index (χ3v) is 16.6. The van der Waals surface area contributed by atoms with Crippen LogP contribution in [0.5, 0.6) is 0 Å². The Kier molecular flexibility index (Phi) is 14.6. The number of sulfone groups is 1. The molecule has 20 heteroatoms. The van der Waals surface area contributed by atoms with Gasteiger partial charge in [0.2, 0.25) is 0 Å². The third-order valence-electron chi connectivity index (χ3n) is 8.13. The highest BCUT2D eigenvalue weighted by Crippen LogP contribution is 2.29. The van der Waals surface area contributed by atoms with Crippen molar-refractivity contribution < 1.29 is 44.3 Å². The van der Waals surface area contributed by atoms with Gasteiger partial charge in [-0.05, 0) is 132 Å². The molecule has 0 aliphatic carbocycles. The van der Waals surface area contributed by atoms with Gasteiger partial charge in [0.15, 0.2) is 9.84 Å². The second-order valence-electron chi connectivity index (χ2n) is 12.3. The molecular weight excluding hydrogens is 1050 g/mol. The smallest absolute Gasteiger partial charge is 0.337 e. The summed E-state index contributed by atoms with van der Waals surface area (Å²) in [5, 5.41) is 8.17. The van der Waals surface area contributed by atoms with E-state index in [1.807, 2.05) is 42.5 Å². The second kappa shape index (κ2) is 18.9. The largest absolute Gasteiger partial charge is 0.465 e. The summed E-state index contributed by atoms with van der Waals surface area (Å²) < 4.78 is 88.7. The number of thioether (sulfide) groups is 1. The van der Waals surface area contributed by atoms with E-state index in [1.165, 1.54) is 74.8 Å². The molecule has 0 atom stereocenters. The normalized spacial score (nSPS) is 11.7. The zero-order valence-electron chi connectivity index (χ0n) is 31.1. The van der Waals surface area contributed by atoms with Crippen molar-refractivity contribution in [2.24, 2.45) is 0 Å². The van der Waals surface area contributed by atoms with Gasteiger partial charge >= 0.3 is 11.9 Å². The molecule has 0 fully saturated rings. The molecule has 4 aromatic carbocycles. The maximum atomic E-state index is 12.8. The van der Waals surface area contributed by atoms with Crippen molar-refractivity contribution >= 4 is 98.8 Å². The molecule has 0 radical (unpaired) electrons. The minimum atomic E-state index is -3.92. The molecule has 2 heterocycles. The Balaban J connectivity index is 0.000000221. The fourth-order valence-electron chi connectivity index (χ4n) is 5.03. The van der Waals surface area contributed by atoms with Crippen molar-refractivity contribution in [2.75, 3.05) is 14.2 Å². The fraction of sp³-hybridized carbons (Fsp3) is 0.158. The Bertz CT molecular complexity index is 2810. The van der Waals surface area contributed by atoms with Gasteiger partial charge in [-0.25, -0.2) is 18.0 Å². The van der Waals surface area contributed by atoms with Crippen molar-refractivity contribution in [3.05, 3.63) is 150 Å². The predicted molar refractivity (Wildman–Crippen MR) is 233 cm³/mol. The molecule has 0 saturated heterocycles. The molecule has 0 amide bonds. The number of hydrogen-bond donors (Lipinski definition) is 0. The maximum Gasteiger partial charge on any atom is 0.337 e. The van der Waals surface area contributed by atoms with Crippen LogP contribution in [-0.2, 0) is 50.9 Å². The van der Waals surface area contributed by atoms with Crippen LogP contribution in [0.4, 0.5) is 0 Å². The monoisotopic (exact) mass is 1090 g/mol. The zero-order chi connectivity index (χ0) is 42.4. The van der Waals surface area contributed by atoms with E-state index in [-0.39, 0.29) is 31.9 Å². The van der Waals surface area contributed by atoms with E-state index < -0.39 is 41.6 Å². The summed E-state index contributed by atoms with van der Waals surface area (Å²) in [6.45, 7) is 3.74. The number of carbonyl (C=O) groups excluding carboxylic acids is 2. The number of halogens is 2. The lowest BCUT2D eigenvalue weighted by molar-refractivity contribution is 0.0591. The van der Waals surface area contributed by atoms with Gasteiger partial charge in [-0.2, -0.15) is 35.2 Å². The van der Waals surface area contributed by atoms with Gasteiger partial charge in [-0.1, -0.05) is 35.4 Å². The first-order valence-corrected chi connectivity index (χ1v) is 24.4. The lowest BCUT2D eigenvalue weighted by Crippen LogP contribution is -2.15. The number of esters is 2. The Labute approximate surface area is 367 Å². The van der Waals surface area contributed by atoms with Crippen LogP contribution in [0, 0.1) is 21.0 Å². The van der Waals surface area contributed by atoms with Crippen molar-refractivity contribution in [1.29, 1.82) is 0 Å². The molecule has 58 heavy (non-hydrogen) atoms. The van der Waals surface area contributed by atoms with Crippen molar-refractivity contribution in [3.63, 3.8) is 0 Å². The summed E-state index contributed by atoms with van der Waals surface area (Å²) in [6.07, 6.45) is 2.67. The molecule has 0 spiro atoms. The van der Waals surface area contributed by atoms with E-state index in [9.17, 15) is 34.8 Å². The van der Waals surface area contributed by atoms with Gasteiger partial charge in [0.05, 0.1) is 57.2 Å². The first-order valence-electron chi connectivity index (χ1n) is 16.7. The van der Waals surface area contributed by atoms with Crippen LogP contribution < -0.4 is 0 Å². The Hall–Kier alpha value is -4.10. The molecule has 14 nitrogen and oxygen atoms in total. The summed E-state index contributed by atoms with van der Waals surface area (Å²) in [6, 6.07) is 25.4. The Morgan fingerprint density at radius 2 is 1.07 bits per heavy atom. The molecule has 2 aromatic heterocycles. The quantitative estimate of drug-likeness (QED) is 0.0699. The molecule has 0 bridgehead atoms. The van der Waals surface area contributed by atoms with Crippen molar-refractivity contribution in [1.82, 2.24) is 18.4 Å². The number of hydrogen-bond acceptors (Lipinski definition) is 13. The number of nitrogens with zero attached hydrogens (tertiary/aromatic N) is 4. The first-order chi connectivity index (χ1) is 27.3. The molecule has 304 valence electrons. The predicted octanol–water partition coefficient (Wildman–Crippen LogP) is 6.91. The van der Waals surface area contributed by atoms with E-state index in [1.54, 1.807) is 54.6 Å². The minimum absolute atomic E-state index is 0.0201. The van der Waals surface area contributed by atoms with Gasteiger partial charge in [0.1, 0.15) is 0 Å². The van der Waals surface area contributed by atoms with Crippen molar-refractivity contribution in [2.45, 2.75) is 44.9 Å². The topological polar surface area (TPSA) is 191 Å². The highest BCUT2D eigenvalue weighted by Gasteiger charge is 2.24. The number of methoxy groups -OCH3 is 2. The first kappa shape index (κ1) is 45.0. The summed E-state index contributed by atoms with van der Waals surface area (Å²) in [5.41, 5.74) is 3.35. The van der Waals surface area contributed by atoms with E-state index in [0.29, 0.717) is 20.6 Å². The number of benzene rings is 4. The van der Waals surface area contributed by atoms with Crippen LogP contribution in [0.2, 0.25) is 0 Å². The second-order valence-corrected chi connectivity index (χ2v) is 21.2. The highest BCUT2D eigenvalue weighted by atomic mass is 127. The van der Waals surface area contributed by atoms with Crippen LogP contribution in [0.25, 0.3) is 0 Å². The molecule has 0 aliphatic heterocycles. The van der Waals surface area contributed by atoms with Gasteiger partial charge in [0.25, 0.3) is 20.0 Å². The third kappa shape index (κ3) is 10.7. The summed E-state index contributed by atoms with van der Waals surface area (Å²) in [7, 11) is -8.87. The zero-order valence-corrected chi connectivity index (χ0v) is 38.6. The Morgan fingerprint density at radius 1 is 0.621 bits per heavy atom. The molecule has 6 rings (SSSR count). The van der Waals surface area contributed by atoms with E-state index >= 15 is 0 Å². The van der Waals surface area contributed by atoms with Gasteiger partial charge < -0.3 is 9.47 Å². The number of aryl methyl sites for hydroxylation is 2. The van der Waals surface area contributed by atoms with E-state index in [4.69, 9.17) is 4.74 Å². The van der Waals surface area contributed by atoms with Crippen molar-refractivity contribution in [3.8, 4) is 0 Å². The lowest BCUT2D eigenvalue weighted by atomic mass is 10.2. The highest BCUT2D eigenvalue weighted by molar-refractivity contribution is 14.1. The van der Waals surface area contributed by atoms with Crippen LogP contribution in [-0.4, -0.2) is 69.8 Å². The minimum Gasteiger partial charge on any atom is -0.465 e. The molecular formula is C38H34I2N4O10S4. The molecule has 0 aliphatic rings. The molecule has 0 saturated carbocycles. The summed E-state index contributed by atoms with van der Waals surface area (Å²) in [4.78, 5) is 24.4. The lowest BCUT2D eigenvalue weighted by Gasteiger charge is -2.07. The number of carbonyl (C=O) groups is 2. The number of aromatic nitrogens is 4. The molecule has 0 unspecified atom stereocenters. The van der Waals surface area contributed by atoms with Crippen LogP contribution >= 0.6 is 56.9 Å². The maximum absolute atomic E-state index is 12.8. The van der Waals surface area contributed by atoms with Gasteiger partial charge in [-0.3, -0.25) is 0 Å². The Morgan fingerprint density at radius 3 is 1.53 bits per heavy atom. The average molecular weight is 1090 g/mol. The fourth-order valence-corrected chi connectivity index (χ4v) is 11.9. The number of ether oxygens (including phenoxy) is 2. The standard InChI is InChI=1S/C19H17IN2O6S2.C19H17IN2O4S2/c1-13-3-6-16(7-4-13)30(26,27)22-10-9-15(21-22)12-29(24,25)18-8-5-14(11-17(18)20)19(23)28-2;1-13-3-6-16(7-4-13)28(24,25)22-10-9-15(21-22)12-27-18-8-5-14(11-17(18)20)19(23)26-2/h3-11H,12H2,1-2H3;3-11H,12H2,1-2H3. The van der Waals surface area contributed by atoms with Crippen LogP contribution in [0.1, 0.15) is 43.2 Å². The molecule has 0 N–H and O–H groups in total. The summed E-state index contributed by atoms with van der Waals surface area (Å²) in [5.74, 6) is -0.938. The SMILES string of the molecule is COC(=O)c1ccc(S(=O)(=O)Cc2ccn(S(=O)(=O)c3ccc(C)cc3)n2)c(I)c1.COC(=O)c1ccc(SCc2ccn(S(=O)(=O)c3ccc(C)cc3)n2)c(I)c1.